The van der Waals surface area contributed by atoms with Crippen molar-refractivity contribution in [3.05, 3.63) is 82.6 Å². The molecule has 0 aliphatic carbocycles. The third-order valence-electron chi connectivity index (χ3n) is 4.25. The van der Waals surface area contributed by atoms with Crippen LogP contribution in [0.3, 0.4) is 0 Å². The highest BCUT2D eigenvalue weighted by atomic mass is 35.5. The molecule has 156 valence electrons. The molecule has 3 rings (SSSR count). The average Bonchev–Trinajstić information content (AvgIpc) is 2.71. The maximum Gasteiger partial charge on any atom is 0.263 e. The van der Waals surface area contributed by atoms with Gasteiger partial charge in [0.1, 0.15) is 16.5 Å². The molecule has 6 nitrogen and oxygen atoms in total. The number of hydrogen-bond acceptors (Lipinski definition) is 4. The summed E-state index contributed by atoms with van der Waals surface area (Å²) in [7, 11) is -2.57. The fraction of sp³-hybridized carbons (Fsp3) is 0.0952. The normalized spacial score (nSPS) is 11.1. The summed E-state index contributed by atoms with van der Waals surface area (Å²) in [4.78, 5) is 12.3. The molecule has 3 aromatic carbocycles. The van der Waals surface area contributed by atoms with Crippen molar-refractivity contribution in [1.82, 2.24) is 0 Å². The number of amides is 1. The first-order chi connectivity index (χ1) is 14.2. The molecule has 0 atom stereocenters. The van der Waals surface area contributed by atoms with E-state index < -0.39 is 21.7 Å². The fourth-order valence-corrected chi connectivity index (χ4v) is 4.18. The van der Waals surface area contributed by atoms with Crippen LogP contribution in [-0.4, -0.2) is 21.4 Å². The van der Waals surface area contributed by atoms with Crippen LogP contribution in [0.25, 0.3) is 0 Å². The summed E-state index contributed by atoms with van der Waals surface area (Å²) in [6.45, 7) is 1.60. The Balaban J connectivity index is 1.85. The van der Waals surface area contributed by atoms with E-state index in [9.17, 15) is 17.6 Å². The second-order valence-corrected chi connectivity index (χ2v) is 8.46. The van der Waals surface area contributed by atoms with Gasteiger partial charge in [0.2, 0.25) is 0 Å². The molecule has 1 amide bonds. The van der Waals surface area contributed by atoms with Crippen molar-refractivity contribution in [3.63, 3.8) is 0 Å². The van der Waals surface area contributed by atoms with Gasteiger partial charge in [-0.05, 0) is 67.1 Å². The topological polar surface area (TPSA) is 84.5 Å². The minimum atomic E-state index is -4.07. The van der Waals surface area contributed by atoms with Crippen molar-refractivity contribution in [1.29, 1.82) is 0 Å². The summed E-state index contributed by atoms with van der Waals surface area (Å²) < 4.78 is 46.7. The molecule has 2 N–H and O–H groups in total. The van der Waals surface area contributed by atoms with Crippen LogP contribution >= 0.6 is 11.6 Å². The van der Waals surface area contributed by atoms with E-state index in [2.05, 4.69) is 10.0 Å². The van der Waals surface area contributed by atoms with Gasteiger partial charge in [-0.15, -0.1) is 0 Å². The van der Waals surface area contributed by atoms with Gasteiger partial charge in [-0.25, -0.2) is 12.8 Å². The Hall–Kier alpha value is -3.10. The predicted molar refractivity (Wildman–Crippen MR) is 114 cm³/mol. The molecule has 0 aliphatic heterocycles. The second-order valence-electron chi connectivity index (χ2n) is 6.40. The van der Waals surface area contributed by atoms with Crippen LogP contribution in [0.4, 0.5) is 15.8 Å². The number of aryl methyl sites for hydroxylation is 1. The number of halogens is 2. The third kappa shape index (κ3) is 4.90. The molecule has 0 bridgehead atoms. The molecule has 30 heavy (non-hydrogen) atoms. The zero-order valence-electron chi connectivity index (χ0n) is 16.1. The molecule has 0 radical (unpaired) electrons. The molecule has 9 heteroatoms. The van der Waals surface area contributed by atoms with Gasteiger partial charge in [0.15, 0.2) is 0 Å². The lowest BCUT2D eigenvalue weighted by molar-refractivity contribution is 0.102. The summed E-state index contributed by atoms with van der Waals surface area (Å²) in [5.74, 6) is -0.492. The van der Waals surface area contributed by atoms with Crippen molar-refractivity contribution in [2.45, 2.75) is 11.8 Å². The first kappa shape index (κ1) is 21.6. The molecule has 0 saturated carbocycles. The molecule has 0 aromatic heterocycles. The smallest absolute Gasteiger partial charge is 0.263 e. The van der Waals surface area contributed by atoms with Gasteiger partial charge in [0.05, 0.1) is 12.1 Å². The van der Waals surface area contributed by atoms with Crippen LogP contribution in [0.1, 0.15) is 15.9 Å². The van der Waals surface area contributed by atoms with Crippen LogP contribution in [0.15, 0.2) is 65.6 Å². The van der Waals surface area contributed by atoms with E-state index in [1.54, 1.807) is 25.1 Å². The number of benzene rings is 3. The maximum absolute atomic E-state index is 13.7. The molecule has 0 aliphatic rings. The van der Waals surface area contributed by atoms with E-state index in [4.69, 9.17) is 16.3 Å². The van der Waals surface area contributed by atoms with Crippen molar-refractivity contribution in [3.8, 4) is 5.75 Å². The van der Waals surface area contributed by atoms with Crippen LogP contribution in [0.2, 0.25) is 5.02 Å². The van der Waals surface area contributed by atoms with Gasteiger partial charge in [-0.2, -0.15) is 0 Å². The van der Waals surface area contributed by atoms with E-state index >= 15 is 0 Å². The van der Waals surface area contributed by atoms with Crippen LogP contribution in [0.5, 0.6) is 5.75 Å². The Labute approximate surface area is 178 Å². The number of sulfonamides is 1. The number of rotatable bonds is 6. The molecule has 3 aromatic rings. The van der Waals surface area contributed by atoms with Crippen LogP contribution < -0.4 is 14.8 Å². The number of carbonyl (C=O) groups is 1. The minimum Gasteiger partial charge on any atom is -0.497 e. The number of nitrogens with one attached hydrogen (secondary N) is 2. The van der Waals surface area contributed by atoms with Gasteiger partial charge < -0.3 is 10.1 Å². The molecule has 0 unspecified atom stereocenters. The molecular formula is C21H18ClFN2O4S. The third-order valence-corrected chi connectivity index (χ3v) is 6.12. The first-order valence-electron chi connectivity index (χ1n) is 8.73. The largest absolute Gasteiger partial charge is 0.497 e. The van der Waals surface area contributed by atoms with Gasteiger partial charge in [-0.1, -0.05) is 17.7 Å². The summed E-state index contributed by atoms with van der Waals surface area (Å²) in [5, 5.41) is 2.49. The molecule has 0 spiro atoms. The van der Waals surface area contributed by atoms with Crippen molar-refractivity contribution < 1.29 is 22.3 Å². The summed E-state index contributed by atoms with van der Waals surface area (Å²) in [6, 6.07) is 14.4. The Morgan fingerprint density at radius 1 is 1.00 bits per heavy atom. The Morgan fingerprint density at radius 2 is 1.67 bits per heavy atom. The number of hydrogen-bond donors (Lipinski definition) is 2. The maximum atomic E-state index is 13.7. The quantitative estimate of drug-likeness (QED) is 0.564. The number of ether oxygens (including phenoxy) is 1. The van der Waals surface area contributed by atoms with Crippen LogP contribution in [-0.2, 0) is 10.0 Å². The standard InChI is InChI=1S/C21H18ClFN2O4S/c1-13-3-5-16(12-19(13)23)24-21(26)14-4-10-18(22)20(11-14)30(27,28)25-15-6-8-17(29-2)9-7-15/h3-12,25H,1-2H3,(H,24,26). The summed E-state index contributed by atoms with van der Waals surface area (Å²) in [5.41, 5.74) is 1.05. The van der Waals surface area contributed by atoms with Gasteiger partial charge in [0, 0.05) is 16.9 Å². The minimum absolute atomic E-state index is 0.0473. The fourth-order valence-electron chi connectivity index (χ4n) is 2.59. The highest BCUT2D eigenvalue weighted by Crippen LogP contribution is 2.26. The van der Waals surface area contributed by atoms with Gasteiger partial charge in [-0.3, -0.25) is 9.52 Å². The molecule has 0 fully saturated rings. The summed E-state index contributed by atoms with van der Waals surface area (Å²) in [6.07, 6.45) is 0. The predicted octanol–water partition coefficient (Wildman–Crippen LogP) is 4.85. The van der Waals surface area contributed by atoms with E-state index in [1.165, 1.54) is 43.5 Å². The van der Waals surface area contributed by atoms with Crippen LogP contribution in [0, 0.1) is 12.7 Å². The Bertz CT molecular complexity index is 1200. The lowest BCUT2D eigenvalue weighted by Crippen LogP contribution is -2.16. The first-order valence-corrected chi connectivity index (χ1v) is 10.6. The van der Waals surface area contributed by atoms with Crippen molar-refractivity contribution in [2.75, 3.05) is 17.1 Å². The monoisotopic (exact) mass is 448 g/mol. The zero-order chi connectivity index (χ0) is 21.9. The lowest BCUT2D eigenvalue weighted by atomic mass is 10.2. The zero-order valence-corrected chi connectivity index (χ0v) is 17.6. The Kier molecular flexibility index (Phi) is 6.28. The number of methoxy groups -OCH3 is 1. The second kappa shape index (κ2) is 8.73. The molecular weight excluding hydrogens is 431 g/mol. The van der Waals surface area contributed by atoms with Crippen molar-refractivity contribution in [2.24, 2.45) is 0 Å². The highest BCUT2D eigenvalue weighted by molar-refractivity contribution is 7.92. The van der Waals surface area contributed by atoms with E-state index in [1.807, 2.05) is 0 Å². The van der Waals surface area contributed by atoms with E-state index in [-0.39, 0.29) is 21.2 Å². The lowest BCUT2D eigenvalue weighted by Gasteiger charge is -2.12. The summed E-state index contributed by atoms with van der Waals surface area (Å²) >= 11 is 6.08. The van der Waals surface area contributed by atoms with E-state index in [0.29, 0.717) is 17.0 Å². The van der Waals surface area contributed by atoms with Crippen molar-refractivity contribution >= 4 is 38.9 Å². The van der Waals surface area contributed by atoms with Gasteiger partial charge in [0.25, 0.3) is 15.9 Å². The number of anilines is 2. The van der Waals surface area contributed by atoms with Gasteiger partial charge >= 0.3 is 0 Å². The number of carbonyl (C=O) groups excluding carboxylic acids is 1. The highest BCUT2D eigenvalue weighted by Gasteiger charge is 2.21. The molecule has 0 saturated heterocycles. The average molecular weight is 449 g/mol. The SMILES string of the molecule is COc1ccc(NS(=O)(=O)c2cc(C(=O)Nc3ccc(C)c(F)c3)ccc2Cl)cc1. The Morgan fingerprint density at radius 3 is 2.30 bits per heavy atom. The molecule has 0 heterocycles. The van der Waals surface area contributed by atoms with E-state index in [0.717, 1.165) is 6.07 Å².